The van der Waals surface area contributed by atoms with E-state index in [0.717, 1.165) is 5.56 Å². The summed E-state index contributed by atoms with van der Waals surface area (Å²) in [4.78, 5) is 35.7. The molecule has 0 saturated carbocycles. The largest absolute Gasteiger partial charge is 0.478 e. The number of nitrogens with one attached hydrogen (secondary N) is 1. The average molecular weight is 307 g/mol. The second-order valence-electron chi connectivity index (χ2n) is 5.26. The van der Waals surface area contributed by atoms with Gasteiger partial charge in [-0.25, -0.2) is 4.79 Å². The predicted octanol–water partition coefficient (Wildman–Crippen LogP) is 3.07. The lowest BCUT2D eigenvalue weighted by molar-refractivity contribution is 0.0696. The van der Waals surface area contributed by atoms with Crippen LogP contribution in [0.3, 0.4) is 0 Å². The Labute approximate surface area is 132 Å². The maximum absolute atomic E-state index is 12.5. The van der Waals surface area contributed by atoms with Crippen molar-refractivity contribution in [3.63, 3.8) is 0 Å². The standard InChI is InChI=1S/C18H13NO4/c1-10-6-7-11(18(22)23)8-14(10)19-15-9-16(20)12-4-2-3-5-13(12)17(15)21/h2-9,19H,1H3,(H,22,23). The van der Waals surface area contributed by atoms with Gasteiger partial charge in [0.1, 0.15) is 0 Å². The van der Waals surface area contributed by atoms with E-state index in [0.29, 0.717) is 16.8 Å². The Kier molecular flexibility index (Phi) is 3.54. The zero-order chi connectivity index (χ0) is 16.6. The molecule has 0 aromatic heterocycles. The van der Waals surface area contributed by atoms with Crippen molar-refractivity contribution in [3.05, 3.63) is 76.5 Å². The van der Waals surface area contributed by atoms with Crippen LogP contribution in [0.4, 0.5) is 5.69 Å². The van der Waals surface area contributed by atoms with Crippen LogP contribution in [0, 0.1) is 6.92 Å². The molecule has 2 aromatic rings. The summed E-state index contributed by atoms with van der Waals surface area (Å²) in [5, 5.41) is 12.0. The van der Waals surface area contributed by atoms with Crippen LogP contribution in [0.5, 0.6) is 0 Å². The van der Waals surface area contributed by atoms with Crippen LogP contribution >= 0.6 is 0 Å². The SMILES string of the molecule is Cc1ccc(C(=O)O)cc1NC1=CC(=O)c2ccccc2C1=O. The summed E-state index contributed by atoms with van der Waals surface area (Å²) < 4.78 is 0. The van der Waals surface area contributed by atoms with Gasteiger partial charge in [-0.1, -0.05) is 30.3 Å². The van der Waals surface area contributed by atoms with E-state index in [1.807, 2.05) is 0 Å². The van der Waals surface area contributed by atoms with Gasteiger partial charge < -0.3 is 10.4 Å². The van der Waals surface area contributed by atoms with Crippen molar-refractivity contribution in [2.45, 2.75) is 6.92 Å². The summed E-state index contributed by atoms with van der Waals surface area (Å²) >= 11 is 0. The Balaban J connectivity index is 1.99. The Bertz CT molecular complexity index is 880. The van der Waals surface area contributed by atoms with E-state index < -0.39 is 5.97 Å². The van der Waals surface area contributed by atoms with Gasteiger partial charge in [0.05, 0.1) is 11.3 Å². The molecule has 0 atom stereocenters. The predicted molar refractivity (Wildman–Crippen MR) is 84.9 cm³/mol. The number of hydrogen-bond acceptors (Lipinski definition) is 4. The van der Waals surface area contributed by atoms with Crippen LogP contribution in [0.2, 0.25) is 0 Å². The van der Waals surface area contributed by atoms with Crippen LogP contribution in [0.15, 0.2) is 54.2 Å². The highest BCUT2D eigenvalue weighted by Crippen LogP contribution is 2.25. The van der Waals surface area contributed by atoms with Gasteiger partial charge in [-0.05, 0) is 24.6 Å². The molecule has 114 valence electrons. The molecule has 0 heterocycles. The fraction of sp³-hybridized carbons (Fsp3) is 0.0556. The molecule has 0 spiro atoms. The Morgan fingerprint density at radius 3 is 2.43 bits per heavy atom. The monoisotopic (exact) mass is 307 g/mol. The third-order valence-corrected chi connectivity index (χ3v) is 3.71. The molecule has 3 rings (SSSR count). The zero-order valence-electron chi connectivity index (χ0n) is 12.3. The zero-order valence-corrected chi connectivity index (χ0v) is 12.3. The number of anilines is 1. The van der Waals surface area contributed by atoms with Gasteiger partial charge in [-0.15, -0.1) is 0 Å². The molecule has 0 bridgehead atoms. The molecule has 0 aliphatic heterocycles. The van der Waals surface area contributed by atoms with Gasteiger partial charge in [-0.2, -0.15) is 0 Å². The van der Waals surface area contributed by atoms with Crippen LogP contribution in [-0.2, 0) is 0 Å². The minimum absolute atomic E-state index is 0.105. The summed E-state index contributed by atoms with van der Waals surface area (Å²) in [7, 11) is 0. The summed E-state index contributed by atoms with van der Waals surface area (Å²) in [6.45, 7) is 1.79. The number of carbonyl (C=O) groups is 3. The number of allylic oxidation sites excluding steroid dienone is 2. The quantitative estimate of drug-likeness (QED) is 0.910. The first-order valence-electron chi connectivity index (χ1n) is 6.98. The van der Waals surface area contributed by atoms with E-state index in [1.54, 1.807) is 37.3 Å². The Morgan fingerprint density at radius 2 is 1.74 bits per heavy atom. The number of aromatic carboxylic acids is 1. The normalized spacial score (nSPS) is 13.3. The molecule has 1 aliphatic rings. The molecule has 2 aromatic carbocycles. The van der Waals surface area contributed by atoms with E-state index in [4.69, 9.17) is 5.11 Å². The molecule has 0 amide bonds. The third-order valence-electron chi connectivity index (χ3n) is 3.71. The highest BCUT2D eigenvalue weighted by atomic mass is 16.4. The fourth-order valence-electron chi connectivity index (χ4n) is 2.44. The van der Waals surface area contributed by atoms with Gasteiger partial charge in [-0.3, -0.25) is 9.59 Å². The second kappa shape index (κ2) is 5.53. The first kappa shape index (κ1) is 14.7. The van der Waals surface area contributed by atoms with Crippen molar-refractivity contribution in [2.75, 3.05) is 5.32 Å². The van der Waals surface area contributed by atoms with E-state index in [2.05, 4.69) is 5.32 Å². The summed E-state index contributed by atoms with van der Waals surface area (Å²) in [6.07, 6.45) is 1.25. The van der Waals surface area contributed by atoms with Crippen LogP contribution < -0.4 is 5.32 Å². The molecule has 1 aliphatic carbocycles. The highest BCUT2D eigenvalue weighted by Gasteiger charge is 2.25. The first-order valence-corrected chi connectivity index (χ1v) is 6.98. The van der Waals surface area contributed by atoms with Crippen molar-refractivity contribution in [3.8, 4) is 0 Å². The van der Waals surface area contributed by atoms with Gasteiger partial charge >= 0.3 is 5.97 Å². The smallest absolute Gasteiger partial charge is 0.335 e. The number of fused-ring (bicyclic) bond motifs is 1. The summed E-state index contributed by atoms with van der Waals surface area (Å²) in [5.74, 6) is -1.60. The molecular weight excluding hydrogens is 294 g/mol. The molecular formula is C18H13NO4. The molecule has 5 nitrogen and oxygen atoms in total. The number of hydrogen-bond donors (Lipinski definition) is 2. The number of benzene rings is 2. The van der Waals surface area contributed by atoms with Crippen LogP contribution in [0.1, 0.15) is 36.6 Å². The minimum atomic E-state index is -1.06. The fourth-order valence-corrected chi connectivity index (χ4v) is 2.44. The second-order valence-corrected chi connectivity index (χ2v) is 5.26. The molecule has 0 unspecified atom stereocenters. The molecule has 0 radical (unpaired) electrons. The van der Waals surface area contributed by atoms with Crippen molar-refractivity contribution < 1.29 is 19.5 Å². The van der Waals surface area contributed by atoms with E-state index in [1.165, 1.54) is 18.2 Å². The molecule has 0 fully saturated rings. The van der Waals surface area contributed by atoms with Crippen molar-refractivity contribution in [1.29, 1.82) is 0 Å². The molecule has 5 heteroatoms. The van der Waals surface area contributed by atoms with E-state index >= 15 is 0 Å². The van der Waals surface area contributed by atoms with Crippen molar-refractivity contribution in [1.82, 2.24) is 0 Å². The molecule has 2 N–H and O–H groups in total. The third kappa shape index (κ3) is 2.64. The maximum Gasteiger partial charge on any atom is 0.335 e. The number of carboxylic acids is 1. The Morgan fingerprint density at radius 1 is 1.04 bits per heavy atom. The lowest BCUT2D eigenvalue weighted by atomic mass is 9.92. The van der Waals surface area contributed by atoms with Crippen LogP contribution in [0.25, 0.3) is 0 Å². The lowest BCUT2D eigenvalue weighted by Gasteiger charge is -2.17. The summed E-state index contributed by atoms with van der Waals surface area (Å²) in [6, 6.07) is 11.2. The number of rotatable bonds is 3. The highest BCUT2D eigenvalue weighted by molar-refractivity contribution is 6.25. The number of Topliss-reactive ketones (excluding diaryl/α,β-unsaturated/α-hetero) is 1. The molecule has 23 heavy (non-hydrogen) atoms. The lowest BCUT2D eigenvalue weighted by Crippen LogP contribution is -2.21. The number of aryl methyl sites for hydroxylation is 1. The average Bonchev–Trinajstić information content (AvgIpc) is 2.54. The number of ketones is 2. The Hall–Kier alpha value is -3.21. The van der Waals surface area contributed by atoms with Crippen molar-refractivity contribution >= 4 is 23.2 Å². The van der Waals surface area contributed by atoms with Crippen LogP contribution in [-0.4, -0.2) is 22.6 Å². The maximum atomic E-state index is 12.5. The first-order chi connectivity index (χ1) is 11.0. The van der Waals surface area contributed by atoms with E-state index in [-0.39, 0.29) is 22.8 Å². The topological polar surface area (TPSA) is 83.5 Å². The van der Waals surface area contributed by atoms with Crippen molar-refractivity contribution in [2.24, 2.45) is 0 Å². The van der Waals surface area contributed by atoms with E-state index in [9.17, 15) is 14.4 Å². The van der Waals surface area contributed by atoms with Gasteiger partial charge in [0.2, 0.25) is 5.78 Å². The van der Waals surface area contributed by atoms with Gasteiger partial charge in [0.25, 0.3) is 0 Å². The summed E-state index contributed by atoms with van der Waals surface area (Å²) in [5.41, 5.74) is 2.22. The molecule has 0 saturated heterocycles. The minimum Gasteiger partial charge on any atom is -0.478 e. The van der Waals surface area contributed by atoms with Gasteiger partial charge in [0, 0.05) is 22.9 Å². The number of carbonyl (C=O) groups excluding carboxylic acids is 2. The van der Waals surface area contributed by atoms with Gasteiger partial charge in [0.15, 0.2) is 5.78 Å². The number of carboxylic acid groups (broad SMARTS) is 1.